The lowest BCUT2D eigenvalue weighted by molar-refractivity contribution is -0.134. The highest BCUT2D eigenvalue weighted by Gasteiger charge is 2.23. The molecular formula is C23H19N3O6. The Labute approximate surface area is 183 Å². The standard InChI is InChI=1S/C23H19N3O6/c1-28-18-8-15-17(9-19(18)29-2)25-11-14(10-24)21(15)26-16-6-4-13(5-7-20(27)30-3)22-23(16)32-12-31-22/h4-9,11H,12H2,1-3H3,(H,25,26). The number of ether oxygens (including phenoxy) is 5. The summed E-state index contributed by atoms with van der Waals surface area (Å²) in [5, 5.41) is 13.6. The van der Waals surface area contributed by atoms with Gasteiger partial charge in [-0.25, -0.2) is 4.79 Å². The molecule has 0 saturated heterocycles. The highest BCUT2D eigenvalue weighted by atomic mass is 16.7. The third-order valence-electron chi connectivity index (χ3n) is 4.90. The number of rotatable bonds is 6. The zero-order valence-corrected chi connectivity index (χ0v) is 17.6. The molecule has 4 rings (SSSR count). The van der Waals surface area contributed by atoms with E-state index in [-0.39, 0.29) is 6.79 Å². The first-order chi connectivity index (χ1) is 15.6. The summed E-state index contributed by atoms with van der Waals surface area (Å²) in [7, 11) is 4.39. The monoisotopic (exact) mass is 433 g/mol. The molecule has 3 aromatic rings. The smallest absolute Gasteiger partial charge is 0.330 e. The van der Waals surface area contributed by atoms with Gasteiger partial charge in [0.2, 0.25) is 6.79 Å². The van der Waals surface area contributed by atoms with Gasteiger partial charge in [0.05, 0.1) is 43.8 Å². The number of methoxy groups -OCH3 is 3. The van der Waals surface area contributed by atoms with Crippen LogP contribution in [0.5, 0.6) is 23.0 Å². The van der Waals surface area contributed by atoms with Crippen LogP contribution in [0.25, 0.3) is 17.0 Å². The molecule has 0 atom stereocenters. The number of benzene rings is 2. The van der Waals surface area contributed by atoms with Gasteiger partial charge in [-0.3, -0.25) is 4.98 Å². The van der Waals surface area contributed by atoms with Crippen molar-refractivity contribution in [3.63, 3.8) is 0 Å². The van der Waals surface area contributed by atoms with Crippen molar-refractivity contribution in [3.05, 3.63) is 47.7 Å². The van der Waals surface area contributed by atoms with Crippen LogP contribution in [-0.4, -0.2) is 39.1 Å². The van der Waals surface area contributed by atoms with E-state index >= 15 is 0 Å². The van der Waals surface area contributed by atoms with Gasteiger partial charge in [-0.2, -0.15) is 5.26 Å². The molecule has 32 heavy (non-hydrogen) atoms. The molecule has 0 amide bonds. The molecule has 0 bridgehead atoms. The van der Waals surface area contributed by atoms with Gasteiger partial charge in [-0.1, -0.05) is 0 Å². The Morgan fingerprint density at radius 3 is 2.62 bits per heavy atom. The number of carbonyl (C=O) groups excluding carboxylic acids is 1. The lowest BCUT2D eigenvalue weighted by Crippen LogP contribution is -2.00. The van der Waals surface area contributed by atoms with Gasteiger partial charge >= 0.3 is 5.97 Å². The second-order valence-electron chi connectivity index (χ2n) is 6.63. The lowest BCUT2D eigenvalue weighted by Gasteiger charge is -2.15. The Hall–Kier alpha value is -4.45. The van der Waals surface area contributed by atoms with E-state index in [1.165, 1.54) is 26.5 Å². The van der Waals surface area contributed by atoms with Crippen molar-refractivity contribution in [2.24, 2.45) is 0 Å². The topological polar surface area (TPSA) is 112 Å². The van der Waals surface area contributed by atoms with E-state index in [1.54, 1.807) is 37.5 Å². The maximum atomic E-state index is 11.4. The fraction of sp³-hybridized carbons (Fsp3) is 0.174. The van der Waals surface area contributed by atoms with Crippen LogP contribution >= 0.6 is 0 Å². The molecule has 1 aliphatic heterocycles. The number of hydrogen-bond donors (Lipinski definition) is 1. The number of aromatic nitrogens is 1. The molecule has 0 radical (unpaired) electrons. The molecule has 9 nitrogen and oxygen atoms in total. The van der Waals surface area contributed by atoms with Crippen LogP contribution in [-0.2, 0) is 9.53 Å². The highest BCUT2D eigenvalue weighted by molar-refractivity contribution is 5.98. The molecule has 9 heteroatoms. The molecule has 1 aromatic heterocycles. The van der Waals surface area contributed by atoms with Crippen molar-refractivity contribution < 1.29 is 28.5 Å². The first kappa shape index (κ1) is 20.8. The zero-order valence-electron chi connectivity index (χ0n) is 17.6. The average molecular weight is 433 g/mol. The van der Waals surface area contributed by atoms with E-state index < -0.39 is 5.97 Å². The van der Waals surface area contributed by atoms with Gasteiger partial charge in [0, 0.05) is 29.3 Å². The van der Waals surface area contributed by atoms with Gasteiger partial charge in [0.1, 0.15) is 6.07 Å². The Kier molecular flexibility index (Phi) is 5.68. The summed E-state index contributed by atoms with van der Waals surface area (Å²) in [6.45, 7) is 0.0281. The van der Waals surface area contributed by atoms with Gasteiger partial charge in [-0.15, -0.1) is 0 Å². The third kappa shape index (κ3) is 3.70. The van der Waals surface area contributed by atoms with E-state index in [0.29, 0.717) is 56.4 Å². The van der Waals surface area contributed by atoms with Crippen LogP contribution in [0.4, 0.5) is 11.4 Å². The summed E-state index contributed by atoms with van der Waals surface area (Å²) in [5.41, 5.74) is 2.74. The molecule has 2 aromatic carbocycles. The molecule has 0 spiro atoms. The van der Waals surface area contributed by atoms with Gasteiger partial charge in [-0.05, 0) is 24.3 Å². The number of hydrogen-bond acceptors (Lipinski definition) is 9. The molecule has 0 aliphatic carbocycles. The summed E-state index contributed by atoms with van der Waals surface area (Å²) < 4.78 is 26.7. The number of nitrogens with one attached hydrogen (secondary N) is 1. The Morgan fingerprint density at radius 1 is 1.16 bits per heavy atom. The predicted molar refractivity (Wildman–Crippen MR) is 116 cm³/mol. The quantitative estimate of drug-likeness (QED) is 0.458. The van der Waals surface area contributed by atoms with Crippen molar-refractivity contribution in [2.75, 3.05) is 33.4 Å². The minimum atomic E-state index is -0.480. The third-order valence-corrected chi connectivity index (χ3v) is 4.90. The number of fused-ring (bicyclic) bond motifs is 2. The molecule has 162 valence electrons. The van der Waals surface area contributed by atoms with Crippen molar-refractivity contribution in [1.82, 2.24) is 4.98 Å². The predicted octanol–water partition coefficient (Wildman–Crippen LogP) is 3.78. The fourth-order valence-electron chi connectivity index (χ4n) is 3.35. The van der Waals surface area contributed by atoms with Crippen LogP contribution in [0.15, 0.2) is 36.5 Å². The molecular weight excluding hydrogens is 414 g/mol. The van der Waals surface area contributed by atoms with E-state index in [0.717, 1.165) is 0 Å². The fourth-order valence-corrected chi connectivity index (χ4v) is 3.35. The van der Waals surface area contributed by atoms with Gasteiger partial charge < -0.3 is 29.0 Å². The molecule has 1 aliphatic rings. The van der Waals surface area contributed by atoms with Gasteiger partial charge in [0.15, 0.2) is 23.0 Å². The molecule has 0 fully saturated rings. The van der Waals surface area contributed by atoms with Crippen molar-refractivity contribution in [2.45, 2.75) is 0 Å². The summed E-state index contributed by atoms with van der Waals surface area (Å²) in [6.07, 6.45) is 4.37. The largest absolute Gasteiger partial charge is 0.493 e. The second kappa shape index (κ2) is 8.73. The Morgan fingerprint density at radius 2 is 1.91 bits per heavy atom. The van der Waals surface area contributed by atoms with Crippen LogP contribution in [0, 0.1) is 11.3 Å². The first-order valence-corrected chi connectivity index (χ1v) is 9.50. The van der Waals surface area contributed by atoms with Crippen molar-refractivity contribution in [3.8, 4) is 29.1 Å². The van der Waals surface area contributed by atoms with Crippen LogP contribution in [0.1, 0.15) is 11.1 Å². The number of esters is 1. The van der Waals surface area contributed by atoms with E-state index in [1.807, 2.05) is 0 Å². The summed E-state index contributed by atoms with van der Waals surface area (Å²) in [4.78, 5) is 15.8. The van der Waals surface area contributed by atoms with Gasteiger partial charge in [0.25, 0.3) is 0 Å². The number of nitriles is 1. The minimum absolute atomic E-state index is 0.0281. The summed E-state index contributed by atoms with van der Waals surface area (Å²) in [5.74, 6) is 1.50. The molecule has 2 heterocycles. The SMILES string of the molecule is COC(=O)C=Cc1ccc(Nc2c(C#N)cnc3cc(OC)c(OC)cc23)c2c1OCO2. The maximum absolute atomic E-state index is 11.4. The molecule has 0 saturated carbocycles. The van der Waals surface area contributed by atoms with Crippen molar-refractivity contribution >= 4 is 34.3 Å². The lowest BCUT2D eigenvalue weighted by atomic mass is 10.1. The first-order valence-electron chi connectivity index (χ1n) is 9.50. The van der Waals surface area contributed by atoms with Crippen LogP contribution in [0.3, 0.4) is 0 Å². The summed E-state index contributed by atoms with van der Waals surface area (Å²) >= 11 is 0. The van der Waals surface area contributed by atoms with E-state index in [4.69, 9.17) is 18.9 Å². The number of nitrogens with zero attached hydrogens (tertiary/aromatic N) is 2. The highest BCUT2D eigenvalue weighted by Crippen LogP contribution is 2.45. The average Bonchev–Trinajstić information content (AvgIpc) is 3.33. The molecule has 0 unspecified atom stereocenters. The Balaban J connectivity index is 1.81. The zero-order chi connectivity index (χ0) is 22.7. The summed E-state index contributed by atoms with van der Waals surface area (Å²) in [6, 6.07) is 9.21. The number of carbonyl (C=O) groups is 1. The van der Waals surface area contributed by atoms with Crippen LogP contribution in [0.2, 0.25) is 0 Å². The number of anilines is 2. The van der Waals surface area contributed by atoms with E-state index in [9.17, 15) is 10.1 Å². The van der Waals surface area contributed by atoms with E-state index in [2.05, 4.69) is 21.1 Å². The Bertz CT molecular complexity index is 1280. The van der Waals surface area contributed by atoms with Crippen LogP contribution < -0.4 is 24.3 Å². The van der Waals surface area contributed by atoms with Crippen molar-refractivity contribution in [1.29, 1.82) is 5.26 Å². The number of pyridine rings is 1. The minimum Gasteiger partial charge on any atom is -0.493 e. The second-order valence-corrected chi connectivity index (χ2v) is 6.63. The molecule has 1 N–H and O–H groups in total. The normalized spacial score (nSPS) is 11.9. The maximum Gasteiger partial charge on any atom is 0.330 e.